The highest BCUT2D eigenvalue weighted by molar-refractivity contribution is 9.10. The molecular formula is C16H15BrN2O3. The SMILES string of the molecule is COc1cccc(C=NCC(=O)Nc2ccccc2Br)c1O. The highest BCUT2D eigenvalue weighted by atomic mass is 79.9. The number of nitrogens with zero attached hydrogens (tertiary/aromatic N) is 1. The first kappa shape index (κ1) is 16.0. The molecule has 0 aromatic heterocycles. The van der Waals surface area contributed by atoms with Crippen molar-refractivity contribution >= 4 is 33.7 Å². The second-order valence-corrected chi connectivity index (χ2v) is 5.25. The number of ether oxygens (including phenoxy) is 1. The Morgan fingerprint density at radius 3 is 2.82 bits per heavy atom. The number of hydrogen-bond acceptors (Lipinski definition) is 4. The van der Waals surface area contributed by atoms with Crippen LogP contribution in [-0.2, 0) is 4.79 Å². The number of halogens is 1. The second kappa shape index (κ2) is 7.61. The van der Waals surface area contributed by atoms with Gasteiger partial charge in [0.25, 0.3) is 0 Å². The number of amides is 1. The van der Waals surface area contributed by atoms with E-state index in [0.717, 1.165) is 4.47 Å². The molecule has 5 nitrogen and oxygen atoms in total. The highest BCUT2D eigenvalue weighted by Gasteiger charge is 2.06. The van der Waals surface area contributed by atoms with E-state index < -0.39 is 0 Å². The average Bonchev–Trinajstić information content (AvgIpc) is 2.51. The fourth-order valence-corrected chi connectivity index (χ4v) is 2.17. The van der Waals surface area contributed by atoms with Crippen molar-refractivity contribution in [2.24, 2.45) is 4.99 Å². The highest BCUT2D eigenvalue weighted by Crippen LogP contribution is 2.28. The number of rotatable bonds is 5. The van der Waals surface area contributed by atoms with Crippen molar-refractivity contribution in [1.82, 2.24) is 0 Å². The summed E-state index contributed by atoms with van der Waals surface area (Å²) in [5.74, 6) is 0.118. The molecule has 0 saturated carbocycles. The zero-order valence-corrected chi connectivity index (χ0v) is 13.5. The van der Waals surface area contributed by atoms with Crippen molar-refractivity contribution < 1.29 is 14.6 Å². The van der Waals surface area contributed by atoms with Crippen LogP contribution in [0.3, 0.4) is 0 Å². The van der Waals surface area contributed by atoms with Gasteiger partial charge in [-0.15, -0.1) is 0 Å². The quantitative estimate of drug-likeness (QED) is 0.802. The second-order valence-electron chi connectivity index (χ2n) is 4.40. The number of phenols is 1. The van der Waals surface area contributed by atoms with Crippen LogP contribution in [0.5, 0.6) is 11.5 Å². The van der Waals surface area contributed by atoms with Crippen molar-refractivity contribution in [3.63, 3.8) is 0 Å². The fourth-order valence-electron chi connectivity index (χ4n) is 1.79. The van der Waals surface area contributed by atoms with E-state index in [-0.39, 0.29) is 18.2 Å². The number of aromatic hydroxyl groups is 1. The smallest absolute Gasteiger partial charge is 0.246 e. The maximum absolute atomic E-state index is 11.8. The van der Waals surface area contributed by atoms with Crippen LogP contribution in [0.2, 0.25) is 0 Å². The minimum absolute atomic E-state index is 0.0000352. The lowest BCUT2D eigenvalue weighted by Gasteiger charge is -2.06. The normalized spacial score (nSPS) is 10.6. The van der Waals surface area contributed by atoms with Gasteiger partial charge in [0.2, 0.25) is 5.91 Å². The van der Waals surface area contributed by atoms with Gasteiger partial charge >= 0.3 is 0 Å². The van der Waals surface area contributed by atoms with Crippen LogP contribution in [0, 0.1) is 0 Å². The Balaban J connectivity index is 1.98. The zero-order chi connectivity index (χ0) is 15.9. The van der Waals surface area contributed by atoms with E-state index in [2.05, 4.69) is 26.2 Å². The molecule has 0 radical (unpaired) electrons. The predicted molar refractivity (Wildman–Crippen MR) is 89.9 cm³/mol. The summed E-state index contributed by atoms with van der Waals surface area (Å²) in [6, 6.07) is 12.4. The average molecular weight is 363 g/mol. The van der Waals surface area contributed by atoms with Crippen LogP contribution < -0.4 is 10.1 Å². The molecule has 2 aromatic carbocycles. The maximum atomic E-state index is 11.8. The zero-order valence-electron chi connectivity index (χ0n) is 11.9. The minimum Gasteiger partial charge on any atom is -0.504 e. The molecule has 0 heterocycles. The van der Waals surface area contributed by atoms with Crippen molar-refractivity contribution in [1.29, 1.82) is 0 Å². The number of para-hydroxylation sites is 2. The number of carbonyl (C=O) groups excluding carboxylic acids is 1. The van der Waals surface area contributed by atoms with Crippen LogP contribution in [0.15, 0.2) is 51.9 Å². The van der Waals surface area contributed by atoms with Crippen molar-refractivity contribution in [2.45, 2.75) is 0 Å². The predicted octanol–water partition coefficient (Wildman–Crippen LogP) is 3.22. The largest absolute Gasteiger partial charge is 0.504 e. The molecule has 0 aliphatic rings. The third-order valence-corrected chi connectivity index (χ3v) is 3.55. The molecule has 2 rings (SSSR count). The number of methoxy groups -OCH3 is 1. The number of anilines is 1. The van der Waals surface area contributed by atoms with Crippen LogP contribution >= 0.6 is 15.9 Å². The van der Waals surface area contributed by atoms with Gasteiger partial charge in [-0.05, 0) is 40.2 Å². The third kappa shape index (κ3) is 4.08. The molecule has 1 amide bonds. The number of aliphatic imine (C=N–C) groups is 1. The molecule has 0 bridgehead atoms. The van der Waals surface area contributed by atoms with Crippen LogP contribution in [0.4, 0.5) is 5.69 Å². The van der Waals surface area contributed by atoms with Gasteiger partial charge in [-0.3, -0.25) is 9.79 Å². The molecule has 0 aliphatic carbocycles. The number of carbonyl (C=O) groups is 1. The first-order chi connectivity index (χ1) is 10.6. The van der Waals surface area contributed by atoms with E-state index in [4.69, 9.17) is 4.74 Å². The molecule has 2 aromatic rings. The Bertz CT molecular complexity index is 702. The van der Waals surface area contributed by atoms with E-state index in [1.165, 1.54) is 13.3 Å². The van der Waals surface area contributed by atoms with Crippen LogP contribution in [0.25, 0.3) is 0 Å². The first-order valence-corrected chi connectivity index (χ1v) is 7.31. The van der Waals surface area contributed by atoms with Gasteiger partial charge < -0.3 is 15.2 Å². The molecule has 2 N–H and O–H groups in total. The van der Waals surface area contributed by atoms with E-state index in [0.29, 0.717) is 17.0 Å². The van der Waals surface area contributed by atoms with Gasteiger partial charge in [-0.2, -0.15) is 0 Å². The Kier molecular flexibility index (Phi) is 5.55. The summed E-state index contributed by atoms with van der Waals surface area (Å²) in [5.41, 5.74) is 1.18. The fraction of sp³-hybridized carbons (Fsp3) is 0.125. The molecule has 0 unspecified atom stereocenters. The monoisotopic (exact) mass is 362 g/mol. The summed E-state index contributed by atoms with van der Waals surface area (Å²) in [7, 11) is 1.47. The summed E-state index contributed by atoms with van der Waals surface area (Å²) < 4.78 is 5.81. The Labute approximate surface area is 136 Å². The standard InChI is InChI=1S/C16H15BrN2O3/c1-22-14-8-4-5-11(16(14)21)9-18-10-15(20)19-13-7-3-2-6-12(13)17/h2-9,21H,10H2,1H3,(H,19,20). The molecule has 0 fully saturated rings. The van der Waals surface area contributed by atoms with E-state index in [9.17, 15) is 9.90 Å². The number of nitrogens with one attached hydrogen (secondary N) is 1. The van der Waals surface area contributed by atoms with E-state index >= 15 is 0 Å². The number of benzene rings is 2. The molecule has 0 spiro atoms. The molecule has 0 saturated heterocycles. The molecule has 22 heavy (non-hydrogen) atoms. The summed E-state index contributed by atoms with van der Waals surface area (Å²) in [6.45, 7) is -0.0437. The Morgan fingerprint density at radius 2 is 2.09 bits per heavy atom. The van der Waals surface area contributed by atoms with Gasteiger partial charge in [0.1, 0.15) is 6.54 Å². The summed E-state index contributed by atoms with van der Waals surface area (Å²) in [6.07, 6.45) is 1.44. The lowest BCUT2D eigenvalue weighted by atomic mass is 10.2. The van der Waals surface area contributed by atoms with Gasteiger partial charge in [0, 0.05) is 16.3 Å². The van der Waals surface area contributed by atoms with Gasteiger partial charge in [-0.1, -0.05) is 18.2 Å². The molecule has 0 aliphatic heterocycles. The van der Waals surface area contributed by atoms with E-state index in [1.54, 1.807) is 24.3 Å². The molecule has 0 atom stereocenters. The van der Waals surface area contributed by atoms with Gasteiger partial charge in [0.05, 0.1) is 12.8 Å². The van der Waals surface area contributed by atoms with Gasteiger partial charge in [-0.25, -0.2) is 0 Å². The topological polar surface area (TPSA) is 70.9 Å². The lowest BCUT2D eigenvalue weighted by molar-refractivity contribution is -0.114. The summed E-state index contributed by atoms with van der Waals surface area (Å²) in [4.78, 5) is 15.9. The first-order valence-electron chi connectivity index (χ1n) is 6.52. The third-order valence-electron chi connectivity index (χ3n) is 2.86. The minimum atomic E-state index is -0.245. The molecule has 6 heteroatoms. The number of phenolic OH excluding ortho intramolecular Hbond substituents is 1. The van der Waals surface area contributed by atoms with Crippen LogP contribution in [-0.4, -0.2) is 30.9 Å². The van der Waals surface area contributed by atoms with Gasteiger partial charge in [0.15, 0.2) is 11.5 Å². The van der Waals surface area contributed by atoms with Crippen LogP contribution in [0.1, 0.15) is 5.56 Å². The summed E-state index contributed by atoms with van der Waals surface area (Å²) in [5, 5.41) is 12.6. The number of hydrogen-bond donors (Lipinski definition) is 2. The lowest BCUT2D eigenvalue weighted by Crippen LogP contribution is -2.15. The maximum Gasteiger partial charge on any atom is 0.246 e. The Hall–Kier alpha value is -2.34. The van der Waals surface area contributed by atoms with E-state index in [1.807, 2.05) is 18.2 Å². The summed E-state index contributed by atoms with van der Waals surface area (Å²) >= 11 is 3.35. The van der Waals surface area contributed by atoms with Crippen molar-refractivity contribution in [3.05, 3.63) is 52.5 Å². The van der Waals surface area contributed by atoms with Crippen molar-refractivity contribution in [2.75, 3.05) is 19.0 Å². The van der Waals surface area contributed by atoms with Crippen molar-refractivity contribution in [3.8, 4) is 11.5 Å². The molecule has 114 valence electrons. The Morgan fingerprint density at radius 1 is 1.32 bits per heavy atom. The molecular weight excluding hydrogens is 348 g/mol.